The third kappa shape index (κ3) is 1.88. The summed E-state index contributed by atoms with van der Waals surface area (Å²) in [5.74, 6) is 0.140. The smallest absolute Gasteiger partial charge is 0.244 e. The van der Waals surface area contributed by atoms with Crippen LogP contribution in [0.5, 0.6) is 0 Å². The molecular formula is C14H16N2O2. The highest BCUT2D eigenvalue weighted by Crippen LogP contribution is 2.36. The van der Waals surface area contributed by atoms with Crippen molar-refractivity contribution in [1.29, 1.82) is 0 Å². The normalized spacial score (nSPS) is 22.8. The molecule has 2 aliphatic rings. The standard InChI is InChI=1S/C14H16N2O2/c15-14(18)13-11-4-2-1-3-10(11)7-12(17)16(13)8-9-5-6-9/h1-4,9,13H,5-8H2,(H2,15,18). The maximum Gasteiger partial charge on any atom is 0.244 e. The van der Waals surface area contributed by atoms with Gasteiger partial charge in [0.2, 0.25) is 11.8 Å². The molecule has 2 N–H and O–H groups in total. The van der Waals surface area contributed by atoms with E-state index in [1.54, 1.807) is 4.90 Å². The van der Waals surface area contributed by atoms with Crippen LogP contribution in [0.3, 0.4) is 0 Å². The summed E-state index contributed by atoms with van der Waals surface area (Å²) in [6.07, 6.45) is 2.68. The Morgan fingerprint density at radius 2 is 2.06 bits per heavy atom. The van der Waals surface area contributed by atoms with Crippen LogP contribution in [-0.4, -0.2) is 23.3 Å². The molecular weight excluding hydrogens is 228 g/mol. The van der Waals surface area contributed by atoms with Crippen molar-refractivity contribution in [3.8, 4) is 0 Å². The van der Waals surface area contributed by atoms with Gasteiger partial charge in [-0.25, -0.2) is 0 Å². The first-order valence-electron chi connectivity index (χ1n) is 6.33. The van der Waals surface area contributed by atoms with Crippen molar-refractivity contribution in [2.75, 3.05) is 6.54 Å². The summed E-state index contributed by atoms with van der Waals surface area (Å²) in [4.78, 5) is 25.5. The molecule has 4 heteroatoms. The van der Waals surface area contributed by atoms with Crippen molar-refractivity contribution in [3.05, 3.63) is 35.4 Å². The Labute approximate surface area is 106 Å². The predicted molar refractivity (Wildman–Crippen MR) is 66.5 cm³/mol. The lowest BCUT2D eigenvalue weighted by Gasteiger charge is -2.35. The molecule has 3 rings (SSSR count). The van der Waals surface area contributed by atoms with Gasteiger partial charge in [-0.3, -0.25) is 9.59 Å². The molecule has 1 saturated carbocycles. The number of amides is 2. The molecule has 18 heavy (non-hydrogen) atoms. The fourth-order valence-corrected chi connectivity index (χ4v) is 2.63. The van der Waals surface area contributed by atoms with Crippen LogP contribution >= 0.6 is 0 Å². The number of carbonyl (C=O) groups is 2. The van der Waals surface area contributed by atoms with Gasteiger partial charge in [0.15, 0.2) is 0 Å². The van der Waals surface area contributed by atoms with E-state index in [4.69, 9.17) is 5.73 Å². The van der Waals surface area contributed by atoms with Gasteiger partial charge in [-0.15, -0.1) is 0 Å². The number of carbonyl (C=O) groups excluding carboxylic acids is 2. The number of hydrogen-bond acceptors (Lipinski definition) is 2. The van der Waals surface area contributed by atoms with E-state index in [1.165, 1.54) is 0 Å². The van der Waals surface area contributed by atoms with Gasteiger partial charge >= 0.3 is 0 Å². The summed E-state index contributed by atoms with van der Waals surface area (Å²) in [5, 5.41) is 0. The molecule has 0 aromatic heterocycles. The van der Waals surface area contributed by atoms with Crippen molar-refractivity contribution in [3.63, 3.8) is 0 Å². The molecule has 1 aliphatic heterocycles. The van der Waals surface area contributed by atoms with Crippen LogP contribution in [0.2, 0.25) is 0 Å². The third-order valence-corrected chi connectivity index (χ3v) is 3.74. The molecule has 1 fully saturated rings. The molecule has 1 unspecified atom stereocenters. The van der Waals surface area contributed by atoms with Gasteiger partial charge in [0.25, 0.3) is 0 Å². The molecule has 0 saturated heterocycles. The summed E-state index contributed by atoms with van der Waals surface area (Å²) in [5.41, 5.74) is 7.32. The number of nitrogens with zero attached hydrogens (tertiary/aromatic N) is 1. The zero-order chi connectivity index (χ0) is 12.7. The van der Waals surface area contributed by atoms with Crippen LogP contribution in [0.4, 0.5) is 0 Å². The largest absolute Gasteiger partial charge is 0.368 e. The Bertz CT molecular complexity index is 508. The molecule has 0 radical (unpaired) electrons. The SMILES string of the molecule is NC(=O)C1c2ccccc2CC(=O)N1CC1CC1. The summed E-state index contributed by atoms with van der Waals surface area (Å²) < 4.78 is 0. The number of fused-ring (bicyclic) bond motifs is 1. The van der Waals surface area contributed by atoms with E-state index >= 15 is 0 Å². The molecule has 2 amide bonds. The molecule has 0 bridgehead atoms. The fourth-order valence-electron chi connectivity index (χ4n) is 2.63. The van der Waals surface area contributed by atoms with Gasteiger partial charge < -0.3 is 10.6 Å². The minimum Gasteiger partial charge on any atom is -0.368 e. The molecule has 1 heterocycles. The average molecular weight is 244 g/mol. The van der Waals surface area contributed by atoms with E-state index in [2.05, 4.69) is 0 Å². The monoisotopic (exact) mass is 244 g/mol. The maximum absolute atomic E-state index is 12.2. The van der Waals surface area contributed by atoms with Crippen molar-refractivity contribution in [2.45, 2.75) is 25.3 Å². The Morgan fingerprint density at radius 1 is 1.33 bits per heavy atom. The number of nitrogens with two attached hydrogens (primary N) is 1. The number of primary amides is 1. The van der Waals surface area contributed by atoms with Gasteiger partial charge in [-0.2, -0.15) is 0 Å². The average Bonchev–Trinajstić information content (AvgIpc) is 3.13. The summed E-state index contributed by atoms with van der Waals surface area (Å²) in [7, 11) is 0. The van der Waals surface area contributed by atoms with E-state index < -0.39 is 11.9 Å². The summed E-state index contributed by atoms with van der Waals surface area (Å²) in [6.45, 7) is 0.667. The second kappa shape index (κ2) is 4.12. The van der Waals surface area contributed by atoms with E-state index in [0.717, 1.165) is 24.0 Å². The number of benzene rings is 1. The van der Waals surface area contributed by atoms with Crippen LogP contribution in [0.25, 0.3) is 0 Å². The van der Waals surface area contributed by atoms with Gasteiger partial charge in [-0.1, -0.05) is 24.3 Å². The first kappa shape index (κ1) is 11.3. The highest BCUT2D eigenvalue weighted by atomic mass is 16.2. The van der Waals surface area contributed by atoms with Crippen LogP contribution in [0, 0.1) is 5.92 Å². The van der Waals surface area contributed by atoms with Gasteiger partial charge in [-0.05, 0) is 29.9 Å². The van der Waals surface area contributed by atoms with E-state index in [9.17, 15) is 9.59 Å². The lowest BCUT2D eigenvalue weighted by atomic mass is 9.91. The van der Waals surface area contributed by atoms with Crippen molar-refractivity contribution >= 4 is 11.8 Å². The second-order valence-corrected chi connectivity index (χ2v) is 5.17. The summed E-state index contributed by atoms with van der Waals surface area (Å²) >= 11 is 0. The van der Waals surface area contributed by atoms with Crippen LogP contribution in [-0.2, 0) is 16.0 Å². The topological polar surface area (TPSA) is 63.4 Å². The Hall–Kier alpha value is -1.84. The number of rotatable bonds is 3. The molecule has 1 aliphatic carbocycles. The van der Waals surface area contributed by atoms with E-state index in [1.807, 2.05) is 24.3 Å². The quantitative estimate of drug-likeness (QED) is 0.862. The third-order valence-electron chi connectivity index (χ3n) is 3.74. The molecule has 1 atom stereocenters. The zero-order valence-corrected chi connectivity index (χ0v) is 10.1. The first-order chi connectivity index (χ1) is 8.66. The van der Waals surface area contributed by atoms with Crippen LogP contribution in [0.1, 0.15) is 30.0 Å². The Balaban J connectivity index is 1.99. The molecule has 94 valence electrons. The lowest BCUT2D eigenvalue weighted by molar-refractivity contribution is -0.140. The Kier molecular flexibility index (Phi) is 2.58. The van der Waals surface area contributed by atoms with Crippen molar-refractivity contribution in [2.24, 2.45) is 11.7 Å². The summed E-state index contributed by atoms with van der Waals surface area (Å²) in [6, 6.07) is 7.00. The molecule has 4 nitrogen and oxygen atoms in total. The van der Waals surface area contributed by atoms with Crippen molar-refractivity contribution < 1.29 is 9.59 Å². The van der Waals surface area contributed by atoms with Gasteiger partial charge in [0.05, 0.1) is 6.42 Å². The fraction of sp³-hybridized carbons (Fsp3) is 0.429. The Morgan fingerprint density at radius 3 is 2.72 bits per heavy atom. The second-order valence-electron chi connectivity index (χ2n) is 5.17. The molecule has 1 aromatic rings. The predicted octanol–water partition coefficient (Wildman–Crippen LogP) is 1.01. The van der Waals surface area contributed by atoms with Crippen LogP contribution < -0.4 is 5.73 Å². The molecule has 0 spiro atoms. The first-order valence-corrected chi connectivity index (χ1v) is 6.33. The minimum absolute atomic E-state index is 0.0180. The van der Waals surface area contributed by atoms with E-state index in [0.29, 0.717) is 18.9 Å². The number of hydrogen-bond donors (Lipinski definition) is 1. The zero-order valence-electron chi connectivity index (χ0n) is 10.1. The van der Waals surface area contributed by atoms with Crippen LogP contribution in [0.15, 0.2) is 24.3 Å². The van der Waals surface area contributed by atoms with Gasteiger partial charge in [0.1, 0.15) is 6.04 Å². The van der Waals surface area contributed by atoms with Crippen molar-refractivity contribution in [1.82, 2.24) is 4.90 Å². The maximum atomic E-state index is 12.2. The highest BCUT2D eigenvalue weighted by Gasteiger charge is 2.38. The van der Waals surface area contributed by atoms with E-state index in [-0.39, 0.29) is 5.91 Å². The minimum atomic E-state index is -0.581. The molecule has 1 aromatic carbocycles. The highest BCUT2D eigenvalue weighted by molar-refractivity contribution is 5.91. The van der Waals surface area contributed by atoms with Gasteiger partial charge in [0, 0.05) is 6.54 Å². The lowest BCUT2D eigenvalue weighted by Crippen LogP contribution is -2.46.